The van der Waals surface area contributed by atoms with Gasteiger partial charge in [-0.1, -0.05) is 72.8 Å². The maximum Gasteiger partial charge on any atom is 0.335 e. The SMILES string of the molecule is COc1ccc(-c2cn(-c3ccc(C(=O)O)cc3)c(-c3ccccc3OCc3ccccc3)n2)c(OCc2ccccc2)c1. The number of imidazole rings is 1. The minimum Gasteiger partial charge on any atom is -0.497 e. The molecule has 1 aromatic heterocycles. The first-order valence-electron chi connectivity index (χ1n) is 14.1. The number of hydrogen-bond donors (Lipinski definition) is 1. The molecule has 0 radical (unpaired) electrons. The Hall–Kier alpha value is -5.82. The number of carboxylic acids is 1. The van der Waals surface area contributed by atoms with Crippen LogP contribution in [0.5, 0.6) is 17.2 Å². The maximum absolute atomic E-state index is 11.6. The molecule has 44 heavy (non-hydrogen) atoms. The van der Waals surface area contributed by atoms with Crippen LogP contribution in [-0.4, -0.2) is 27.7 Å². The molecule has 1 heterocycles. The van der Waals surface area contributed by atoms with Crippen molar-refractivity contribution in [2.24, 2.45) is 0 Å². The van der Waals surface area contributed by atoms with Crippen LogP contribution >= 0.6 is 0 Å². The molecule has 5 aromatic carbocycles. The quantitative estimate of drug-likeness (QED) is 0.166. The highest BCUT2D eigenvalue weighted by Crippen LogP contribution is 2.38. The molecule has 6 rings (SSSR count). The zero-order chi connectivity index (χ0) is 30.3. The summed E-state index contributed by atoms with van der Waals surface area (Å²) in [5, 5.41) is 9.47. The van der Waals surface area contributed by atoms with Crippen molar-refractivity contribution in [2.45, 2.75) is 13.2 Å². The highest BCUT2D eigenvalue weighted by Gasteiger charge is 2.20. The molecular weight excluding hydrogens is 552 g/mol. The van der Waals surface area contributed by atoms with Crippen LogP contribution in [0.15, 0.2) is 134 Å². The summed E-state index contributed by atoms with van der Waals surface area (Å²) in [6, 6.07) is 40.1. The zero-order valence-electron chi connectivity index (χ0n) is 24.1. The number of para-hydroxylation sites is 1. The van der Waals surface area contributed by atoms with E-state index in [9.17, 15) is 9.90 Å². The molecule has 218 valence electrons. The van der Waals surface area contributed by atoms with Crippen molar-refractivity contribution in [3.8, 4) is 45.6 Å². The molecule has 0 fully saturated rings. The second-order valence-corrected chi connectivity index (χ2v) is 10.1. The third-order valence-electron chi connectivity index (χ3n) is 7.17. The number of carbonyl (C=O) groups is 1. The van der Waals surface area contributed by atoms with Gasteiger partial charge in [0.25, 0.3) is 0 Å². The van der Waals surface area contributed by atoms with E-state index in [1.54, 1.807) is 31.4 Å². The number of ether oxygens (including phenoxy) is 3. The van der Waals surface area contributed by atoms with E-state index in [1.807, 2.05) is 114 Å². The second-order valence-electron chi connectivity index (χ2n) is 10.1. The summed E-state index contributed by atoms with van der Waals surface area (Å²) in [5.41, 5.74) is 5.29. The number of hydrogen-bond acceptors (Lipinski definition) is 5. The Morgan fingerprint density at radius 3 is 1.95 bits per heavy atom. The molecule has 6 aromatic rings. The summed E-state index contributed by atoms with van der Waals surface area (Å²) in [6.07, 6.45) is 1.93. The monoisotopic (exact) mass is 582 g/mol. The van der Waals surface area contributed by atoms with Gasteiger partial charge in [0.05, 0.1) is 23.9 Å². The van der Waals surface area contributed by atoms with Crippen LogP contribution in [-0.2, 0) is 13.2 Å². The topological polar surface area (TPSA) is 82.8 Å². The lowest BCUT2D eigenvalue weighted by Crippen LogP contribution is -2.01. The van der Waals surface area contributed by atoms with Gasteiger partial charge >= 0.3 is 5.97 Å². The molecule has 1 N–H and O–H groups in total. The zero-order valence-corrected chi connectivity index (χ0v) is 24.1. The van der Waals surface area contributed by atoms with Gasteiger partial charge in [-0.15, -0.1) is 0 Å². The molecule has 0 amide bonds. The van der Waals surface area contributed by atoms with Crippen molar-refractivity contribution in [3.05, 3.63) is 150 Å². The highest BCUT2D eigenvalue weighted by molar-refractivity contribution is 5.87. The number of nitrogens with zero attached hydrogens (tertiary/aromatic N) is 2. The average molecular weight is 583 g/mol. The third kappa shape index (κ3) is 6.32. The number of methoxy groups -OCH3 is 1. The summed E-state index contributed by atoms with van der Waals surface area (Å²) in [5.74, 6) is 1.62. The molecule has 0 aliphatic heterocycles. The lowest BCUT2D eigenvalue weighted by molar-refractivity contribution is 0.0697. The van der Waals surface area contributed by atoms with Crippen molar-refractivity contribution < 1.29 is 24.1 Å². The fourth-order valence-corrected chi connectivity index (χ4v) is 4.87. The van der Waals surface area contributed by atoms with Crippen molar-refractivity contribution in [1.82, 2.24) is 9.55 Å². The Balaban J connectivity index is 1.44. The van der Waals surface area contributed by atoms with Gasteiger partial charge in [0.1, 0.15) is 36.3 Å². The van der Waals surface area contributed by atoms with Crippen LogP contribution in [0.25, 0.3) is 28.3 Å². The van der Waals surface area contributed by atoms with Crippen LogP contribution < -0.4 is 14.2 Å². The van der Waals surface area contributed by atoms with Crippen LogP contribution in [0, 0.1) is 0 Å². The van der Waals surface area contributed by atoms with Gasteiger partial charge < -0.3 is 19.3 Å². The number of carboxylic acid groups (broad SMARTS) is 1. The second kappa shape index (κ2) is 13.0. The summed E-state index contributed by atoms with van der Waals surface area (Å²) in [7, 11) is 1.62. The predicted octanol–water partition coefficient (Wildman–Crippen LogP) is 8.07. The lowest BCUT2D eigenvalue weighted by Gasteiger charge is -2.13. The van der Waals surface area contributed by atoms with E-state index in [4.69, 9.17) is 19.2 Å². The molecule has 0 aliphatic rings. The minimum atomic E-state index is -0.985. The van der Waals surface area contributed by atoms with Gasteiger partial charge in [-0.05, 0) is 59.7 Å². The molecule has 0 atom stereocenters. The summed E-state index contributed by atoms with van der Waals surface area (Å²) < 4.78 is 20.1. The molecule has 0 saturated carbocycles. The molecule has 7 heteroatoms. The molecule has 0 saturated heterocycles. The average Bonchev–Trinajstić information content (AvgIpc) is 3.52. The van der Waals surface area contributed by atoms with E-state index in [1.165, 1.54) is 0 Å². The first-order valence-corrected chi connectivity index (χ1v) is 14.1. The smallest absolute Gasteiger partial charge is 0.335 e. The van der Waals surface area contributed by atoms with Crippen molar-refractivity contribution in [2.75, 3.05) is 7.11 Å². The number of rotatable bonds is 11. The van der Waals surface area contributed by atoms with Crippen molar-refractivity contribution in [1.29, 1.82) is 0 Å². The van der Waals surface area contributed by atoms with Crippen LogP contribution in [0.2, 0.25) is 0 Å². The van der Waals surface area contributed by atoms with Crippen LogP contribution in [0.4, 0.5) is 0 Å². The molecule has 0 spiro atoms. The van der Waals surface area contributed by atoms with E-state index in [0.29, 0.717) is 42.0 Å². The Bertz CT molecular complexity index is 1870. The molecule has 7 nitrogen and oxygen atoms in total. The van der Waals surface area contributed by atoms with E-state index in [2.05, 4.69) is 0 Å². The predicted molar refractivity (Wildman–Crippen MR) is 169 cm³/mol. The van der Waals surface area contributed by atoms with Crippen molar-refractivity contribution in [3.63, 3.8) is 0 Å². The van der Waals surface area contributed by atoms with E-state index < -0.39 is 5.97 Å². The first-order chi connectivity index (χ1) is 21.6. The van der Waals surface area contributed by atoms with Gasteiger partial charge in [0.15, 0.2) is 0 Å². The number of aromatic nitrogens is 2. The van der Waals surface area contributed by atoms with Gasteiger partial charge in [0.2, 0.25) is 0 Å². The van der Waals surface area contributed by atoms with Gasteiger partial charge in [0, 0.05) is 23.5 Å². The summed E-state index contributed by atoms with van der Waals surface area (Å²) in [4.78, 5) is 16.7. The molecule has 0 bridgehead atoms. The maximum atomic E-state index is 11.6. The number of benzene rings is 5. The minimum absolute atomic E-state index is 0.203. The highest BCUT2D eigenvalue weighted by atomic mass is 16.5. The molecular formula is C37H30N2O5. The fourth-order valence-electron chi connectivity index (χ4n) is 4.87. The van der Waals surface area contributed by atoms with E-state index in [0.717, 1.165) is 27.9 Å². The van der Waals surface area contributed by atoms with Crippen LogP contribution in [0.3, 0.4) is 0 Å². The molecule has 0 aliphatic carbocycles. The van der Waals surface area contributed by atoms with Gasteiger partial charge in [-0.25, -0.2) is 9.78 Å². The van der Waals surface area contributed by atoms with Gasteiger partial charge in [-0.2, -0.15) is 0 Å². The summed E-state index contributed by atoms with van der Waals surface area (Å²) >= 11 is 0. The Morgan fingerprint density at radius 1 is 0.705 bits per heavy atom. The number of aromatic carboxylic acids is 1. The van der Waals surface area contributed by atoms with Gasteiger partial charge in [-0.3, -0.25) is 4.57 Å². The van der Waals surface area contributed by atoms with Crippen molar-refractivity contribution >= 4 is 5.97 Å². The normalized spacial score (nSPS) is 10.8. The Morgan fingerprint density at radius 2 is 1.32 bits per heavy atom. The Kier molecular flexibility index (Phi) is 8.36. The summed E-state index contributed by atoms with van der Waals surface area (Å²) in [6.45, 7) is 0.774. The molecule has 0 unspecified atom stereocenters. The van der Waals surface area contributed by atoms with E-state index in [-0.39, 0.29) is 5.56 Å². The fraction of sp³-hybridized carbons (Fsp3) is 0.0811. The largest absolute Gasteiger partial charge is 0.497 e. The first kappa shape index (κ1) is 28.3. The van der Waals surface area contributed by atoms with Crippen LogP contribution in [0.1, 0.15) is 21.5 Å². The standard InChI is InChI=1S/C37H30N2O5/c1-42-30-20-21-31(35(22-30)44-25-27-12-6-3-7-13-27)33-23-39(29-18-16-28(17-19-29)37(40)41)36(38-33)32-14-8-9-15-34(32)43-24-26-10-4-2-5-11-26/h2-23H,24-25H2,1H3,(H,40,41). The van der Waals surface area contributed by atoms with E-state index >= 15 is 0 Å². The lowest BCUT2D eigenvalue weighted by atomic mass is 10.1. The Labute approximate surface area is 255 Å². The third-order valence-corrected chi connectivity index (χ3v) is 7.17.